The van der Waals surface area contributed by atoms with E-state index in [0.29, 0.717) is 22.4 Å². The minimum Gasteiger partial charge on any atom is -0.478 e. The standard InChI is InChI=1S/C13H15ClN2O3S/c14-10-6-8(12(17)18)3-4-11(10)16-13(20)15-7-9-2-1-5-19-9/h3-4,6,9H,1-2,5,7H2,(H,17,18)(H2,15,16,20)/t9-/m1/s1. The molecule has 1 aliphatic rings. The fourth-order valence-corrected chi connectivity index (χ4v) is 2.35. The third-order valence-electron chi connectivity index (χ3n) is 2.98. The van der Waals surface area contributed by atoms with E-state index >= 15 is 0 Å². The van der Waals surface area contributed by atoms with Crippen LogP contribution >= 0.6 is 23.8 Å². The SMILES string of the molecule is O=C(O)c1ccc(NC(=S)NC[C@H]2CCCO2)c(Cl)c1. The van der Waals surface area contributed by atoms with Gasteiger partial charge in [0.2, 0.25) is 0 Å². The van der Waals surface area contributed by atoms with Gasteiger partial charge in [-0.3, -0.25) is 0 Å². The van der Waals surface area contributed by atoms with Crippen molar-refractivity contribution in [1.29, 1.82) is 0 Å². The summed E-state index contributed by atoms with van der Waals surface area (Å²) in [6, 6.07) is 4.44. The number of ether oxygens (including phenoxy) is 1. The van der Waals surface area contributed by atoms with Crippen molar-refractivity contribution < 1.29 is 14.6 Å². The maximum absolute atomic E-state index is 10.8. The summed E-state index contributed by atoms with van der Waals surface area (Å²) >= 11 is 11.2. The lowest BCUT2D eigenvalue weighted by Crippen LogP contribution is -2.34. The Balaban J connectivity index is 1.88. The van der Waals surface area contributed by atoms with Gasteiger partial charge in [-0.1, -0.05) is 11.6 Å². The first-order chi connectivity index (χ1) is 9.56. The zero-order chi connectivity index (χ0) is 14.5. The predicted molar refractivity (Wildman–Crippen MR) is 81.6 cm³/mol. The van der Waals surface area contributed by atoms with Crippen LogP contribution in [0.15, 0.2) is 18.2 Å². The molecule has 0 spiro atoms. The Morgan fingerprint density at radius 3 is 2.95 bits per heavy atom. The van der Waals surface area contributed by atoms with E-state index in [0.717, 1.165) is 19.4 Å². The predicted octanol–water partition coefficient (Wildman–Crippen LogP) is 2.50. The zero-order valence-electron chi connectivity index (χ0n) is 10.7. The van der Waals surface area contributed by atoms with Gasteiger partial charge in [0.25, 0.3) is 0 Å². The highest BCUT2D eigenvalue weighted by molar-refractivity contribution is 7.80. The number of anilines is 1. The van der Waals surface area contributed by atoms with Crippen molar-refractivity contribution in [3.05, 3.63) is 28.8 Å². The molecule has 0 radical (unpaired) electrons. The van der Waals surface area contributed by atoms with Crippen molar-refractivity contribution in [2.24, 2.45) is 0 Å². The van der Waals surface area contributed by atoms with Crippen LogP contribution in [0.25, 0.3) is 0 Å². The first-order valence-corrected chi connectivity index (χ1v) is 7.04. The Labute approximate surface area is 127 Å². The van der Waals surface area contributed by atoms with Gasteiger partial charge in [0.05, 0.1) is 22.4 Å². The van der Waals surface area contributed by atoms with Crippen molar-refractivity contribution in [3.8, 4) is 0 Å². The lowest BCUT2D eigenvalue weighted by molar-refractivity contribution is 0.0697. The lowest BCUT2D eigenvalue weighted by Gasteiger charge is -2.14. The number of nitrogens with one attached hydrogen (secondary N) is 2. The quantitative estimate of drug-likeness (QED) is 0.742. The summed E-state index contributed by atoms with van der Waals surface area (Å²) in [5.41, 5.74) is 0.709. The van der Waals surface area contributed by atoms with E-state index in [1.807, 2.05) is 0 Å². The highest BCUT2D eigenvalue weighted by Crippen LogP contribution is 2.23. The fourth-order valence-electron chi connectivity index (χ4n) is 1.93. The second kappa shape index (κ2) is 6.88. The summed E-state index contributed by atoms with van der Waals surface area (Å²) in [5, 5.41) is 15.6. The van der Waals surface area contributed by atoms with Gasteiger partial charge in [-0.25, -0.2) is 4.79 Å². The minimum absolute atomic E-state index is 0.138. The molecule has 1 aromatic rings. The molecule has 2 rings (SSSR count). The molecule has 1 atom stereocenters. The number of aromatic carboxylic acids is 1. The number of carboxylic acid groups (broad SMARTS) is 1. The van der Waals surface area contributed by atoms with Crippen molar-refractivity contribution in [2.45, 2.75) is 18.9 Å². The number of halogens is 1. The van der Waals surface area contributed by atoms with E-state index in [4.69, 9.17) is 33.7 Å². The van der Waals surface area contributed by atoms with Crippen LogP contribution in [0, 0.1) is 0 Å². The summed E-state index contributed by atoms with van der Waals surface area (Å²) in [4.78, 5) is 10.8. The molecule has 7 heteroatoms. The summed E-state index contributed by atoms with van der Waals surface area (Å²) in [6.45, 7) is 1.45. The van der Waals surface area contributed by atoms with Gasteiger partial charge in [-0.15, -0.1) is 0 Å². The summed E-state index contributed by atoms with van der Waals surface area (Å²) in [6.07, 6.45) is 2.30. The molecule has 1 heterocycles. The van der Waals surface area contributed by atoms with Crippen molar-refractivity contribution in [3.63, 3.8) is 0 Å². The topological polar surface area (TPSA) is 70.6 Å². The normalized spacial score (nSPS) is 17.8. The molecule has 1 fully saturated rings. The molecular weight excluding hydrogens is 300 g/mol. The molecule has 1 saturated heterocycles. The lowest BCUT2D eigenvalue weighted by atomic mass is 10.2. The molecular formula is C13H15ClN2O3S. The van der Waals surface area contributed by atoms with Crippen LogP contribution in [0.2, 0.25) is 5.02 Å². The third-order valence-corrected chi connectivity index (χ3v) is 3.54. The van der Waals surface area contributed by atoms with Gasteiger partial charge in [0.15, 0.2) is 5.11 Å². The van der Waals surface area contributed by atoms with Crippen LogP contribution in [-0.2, 0) is 4.74 Å². The van der Waals surface area contributed by atoms with Crippen molar-refractivity contribution in [2.75, 3.05) is 18.5 Å². The Kier molecular flexibility index (Phi) is 5.17. The Bertz CT molecular complexity index is 518. The molecule has 0 bridgehead atoms. The van der Waals surface area contributed by atoms with Crippen molar-refractivity contribution in [1.82, 2.24) is 5.32 Å². The second-order valence-electron chi connectivity index (χ2n) is 4.47. The number of rotatable bonds is 4. The van der Waals surface area contributed by atoms with Crippen LogP contribution in [0.3, 0.4) is 0 Å². The fraction of sp³-hybridized carbons (Fsp3) is 0.385. The maximum Gasteiger partial charge on any atom is 0.335 e. The molecule has 20 heavy (non-hydrogen) atoms. The van der Waals surface area contributed by atoms with Crippen LogP contribution in [0.5, 0.6) is 0 Å². The molecule has 1 aromatic carbocycles. The van der Waals surface area contributed by atoms with Gasteiger partial charge < -0.3 is 20.5 Å². The summed E-state index contributed by atoms with van der Waals surface area (Å²) in [7, 11) is 0. The van der Waals surface area contributed by atoms with Gasteiger partial charge >= 0.3 is 5.97 Å². The number of hydrogen-bond donors (Lipinski definition) is 3. The average Bonchev–Trinajstić information content (AvgIpc) is 2.91. The molecule has 1 aliphatic heterocycles. The third kappa shape index (κ3) is 4.06. The minimum atomic E-state index is -1.02. The monoisotopic (exact) mass is 314 g/mol. The van der Waals surface area contributed by atoms with Gasteiger partial charge in [0.1, 0.15) is 0 Å². The van der Waals surface area contributed by atoms with E-state index in [1.165, 1.54) is 12.1 Å². The first kappa shape index (κ1) is 15.0. The Hall–Kier alpha value is -1.37. The summed E-state index contributed by atoms with van der Waals surface area (Å²) < 4.78 is 5.48. The van der Waals surface area contributed by atoms with Crippen LogP contribution < -0.4 is 10.6 Å². The first-order valence-electron chi connectivity index (χ1n) is 6.25. The highest BCUT2D eigenvalue weighted by atomic mass is 35.5. The average molecular weight is 315 g/mol. The maximum atomic E-state index is 10.8. The Morgan fingerprint density at radius 1 is 1.55 bits per heavy atom. The van der Waals surface area contributed by atoms with Gasteiger partial charge in [-0.2, -0.15) is 0 Å². The smallest absolute Gasteiger partial charge is 0.335 e. The molecule has 0 aliphatic carbocycles. The summed E-state index contributed by atoms with van der Waals surface area (Å²) in [5.74, 6) is -1.02. The van der Waals surface area contributed by atoms with E-state index in [2.05, 4.69) is 10.6 Å². The largest absolute Gasteiger partial charge is 0.478 e. The van der Waals surface area contributed by atoms with E-state index in [1.54, 1.807) is 6.07 Å². The number of hydrogen-bond acceptors (Lipinski definition) is 3. The van der Waals surface area contributed by atoms with E-state index in [9.17, 15) is 4.79 Å². The number of carbonyl (C=O) groups is 1. The van der Waals surface area contributed by atoms with Gasteiger partial charge in [0, 0.05) is 13.2 Å². The van der Waals surface area contributed by atoms with E-state index < -0.39 is 5.97 Å². The number of thiocarbonyl (C=S) groups is 1. The molecule has 0 amide bonds. The molecule has 0 saturated carbocycles. The number of carboxylic acids is 1. The Morgan fingerprint density at radius 2 is 2.35 bits per heavy atom. The van der Waals surface area contributed by atoms with Gasteiger partial charge in [-0.05, 0) is 43.3 Å². The zero-order valence-corrected chi connectivity index (χ0v) is 12.3. The van der Waals surface area contributed by atoms with Crippen LogP contribution in [0.4, 0.5) is 5.69 Å². The second-order valence-corrected chi connectivity index (χ2v) is 5.29. The van der Waals surface area contributed by atoms with Crippen molar-refractivity contribution >= 4 is 40.6 Å². The highest BCUT2D eigenvalue weighted by Gasteiger charge is 2.15. The van der Waals surface area contributed by atoms with Crippen LogP contribution in [-0.4, -0.2) is 35.4 Å². The number of benzene rings is 1. The molecule has 108 valence electrons. The van der Waals surface area contributed by atoms with E-state index in [-0.39, 0.29) is 11.7 Å². The molecule has 0 unspecified atom stereocenters. The van der Waals surface area contributed by atoms with Crippen LogP contribution in [0.1, 0.15) is 23.2 Å². The molecule has 5 nitrogen and oxygen atoms in total. The molecule has 0 aromatic heterocycles. The molecule has 3 N–H and O–H groups in total.